The van der Waals surface area contributed by atoms with Crippen LogP contribution in [0.15, 0.2) is 0 Å². The van der Waals surface area contributed by atoms with Gasteiger partial charge in [0.05, 0.1) is 0 Å². The number of hydrogen-bond acceptors (Lipinski definition) is 4. The summed E-state index contributed by atoms with van der Waals surface area (Å²) in [6.07, 6.45) is 0. The van der Waals surface area contributed by atoms with Gasteiger partial charge in [0.2, 0.25) is 0 Å². The molecule has 11 heteroatoms. The summed E-state index contributed by atoms with van der Waals surface area (Å²) >= 11 is 0. The van der Waals surface area contributed by atoms with Crippen molar-refractivity contribution in [3.63, 3.8) is 0 Å². The summed E-state index contributed by atoms with van der Waals surface area (Å²) in [5.74, 6) is 0. The van der Waals surface area contributed by atoms with Crippen LogP contribution >= 0.6 is 0 Å². The van der Waals surface area contributed by atoms with Crippen molar-refractivity contribution in [1.82, 2.24) is 0 Å². The van der Waals surface area contributed by atoms with Gasteiger partial charge in [-0.1, -0.05) is 0 Å². The van der Waals surface area contributed by atoms with Gasteiger partial charge in [0.15, 0.2) is 0 Å². The number of nitrogens with two attached hydrogens (primary N) is 6. The molecule has 0 rings (SSSR count). The topological polar surface area (TPSA) is 281 Å². The Morgan fingerprint density at radius 3 is 0.615 bits per heavy atom. The van der Waals surface area contributed by atoms with E-state index in [1.54, 1.807) is 0 Å². The van der Waals surface area contributed by atoms with Gasteiger partial charge in [0, 0.05) is 12.9 Å². The van der Waals surface area contributed by atoms with Crippen molar-refractivity contribution in [3.8, 4) is 0 Å². The maximum atomic E-state index is 8.25. The van der Waals surface area contributed by atoms with Crippen LogP contribution in [0.3, 0.4) is 0 Å². The third-order valence-electron chi connectivity index (χ3n) is 0. The zero-order valence-electron chi connectivity index (χ0n) is 6.57. The molecule has 0 saturated heterocycles. The zero-order valence-corrected chi connectivity index (χ0v) is 7.56. The fourth-order valence-corrected chi connectivity index (χ4v) is 0. The molecule has 13 heavy (non-hydrogen) atoms. The van der Waals surface area contributed by atoms with Crippen LogP contribution in [-0.4, -0.2) is 12.9 Å². The molecule has 0 saturated carbocycles. The standard InChI is InChI=1S/2CH2O2.6H2N.Ni/c2*2-1-3;;;;;;;/h2*1H,(H,2,3);6*1H2;/q;;6*-1;+2/p-2. The Morgan fingerprint density at radius 1 is 0.615 bits per heavy atom. The van der Waals surface area contributed by atoms with Crippen molar-refractivity contribution >= 4 is 12.9 Å². The van der Waals surface area contributed by atoms with Gasteiger partial charge in [-0.25, -0.2) is 0 Å². The first-order chi connectivity index (χ1) is 2.83. The molecule has 0 aliphatic heterocycles. The van der Waals surface area contributed by atoms with Gasteiger partial charge in [0.25, 0.3) is 0 Å². The minimum Gasteiger partial charge on any atom is -0.693 e. The SMILES string of the molecule is O=C[O-].O=C[O-].[NH2-].[NH2-].[NH2-].[NH2-].[NH2-].[NH2-].[Ni+2]. The molecule has 0 aromatic heterocycles. The van der Waals surface area contributed by atoms with Crippen molar-refractivity contribution in [2.75, 3.05) is 0 Å². The second kappa shape index (κ2) is 817. The van der Waals surface area contributed by atoms with Gasteiger partial charge in [-0.3, -0.25) is 0 Å². The van der Waals surface area contributed by atoms with Gasteiger partial charge in [0.1, 0.15) is 0 Å². The Balaban J connectivity index is -0.00000000229. The normalized spacial score (nSPS) is 1.85. The van der Waals surface area contributed by atoms with E-state index in [2.05, 4.69) is 0 Å². The number of rotatable bonds is 0. The van der Waals surface area contributed by atoms with Gasteiger partial charge in [-0.2, -0.15) is 0 Å². The van der Waals surface area contributed by atoms with E-state index in [0.29, 0.717) is 0 Å². The molecule has 0 amide bonds. The number of carbonyl (C=O) groups excluding carboxylic acids is 2. The Bertz CT molecular complexity index is 43.6. The molecule has 0 aliphatic carbocycles. The predicted octanol–water partition coefficient (Wildman–Crippen LogP) is 1.03. The largest absolute Gasteiger partial charge is 2.00 e. The van der Waals surface area contributed by atoms with Crippen LogP contribution in [0.5, 0.6) is 0 Å². The second-order valence-corrected chi connectivity index (χ2v) is 0.192. The van der Waals surface area contributed by atoms with Crippen LogP contribution in [0.25, 0.3) is 36.9 Å². The van der Waals surface area contributed by atoms with Crippen molar-refractivity contribution in [1.29, 1.82) is 0 Å². The van der Waals surface area contributed by atoms with E-state index >= 15 is 0 Å². The molecule has 0 radical (unpaired) electrons. The van der Waals surface area contributed by atoms with Crippen LogP contribution < -0.4 is 10.2 Å². The first kappa shape index (κ1) is 150. The average Bonchev–Trinajstić information content (AvgIpc) is 1.39. The molecule has 0 heterocycles. The number of hydrogen-bond donors (Lipinski definition) is 0. The summed E-state index contributed by atoms with van der Waals surface area (Å²) < 4.78 is 0. The van der Waals surface area contributed by atoms with Gasteiger partial charge in [-0.15, -0.1) is 0 Å². The van der Waals surface area contributed by atoms with E-state index < -0.39 is 12.9 Å². The summed E-state index contributed by atoms with van der Waals surface area (Å²) in [5.41, 5.74) is 0. The fraction of sp³-hybridized carbons (Fsp3) is 0. The molecule has 0 fully saturated rings. The molecule has 0 aromatic carbocycles. The van der Waals surface area contributed by atoms with Crippen molar-refractivity contribution in [3.05, 3.63) is 36.9 Å². The first-order valence-corrected chi connectivity index (χ1v) is 0.943. The molecule has 0 atom stereocenters. The maximum absolute atomic E-state index is 8.25. The van der Waals surface area contributed by atoms with E-state index in [0.717, 1.165) is 0 Å². The van der Waals surface area contributed by atoms with Crippen LogP contribution in [0.1, 0.15) is 0 Å². The quantitative estimate of drug-likeness (QED) is 0.445. The molecule has 0 aromatic rings. The van der Waals surface area contributed by atoms with Gasteiger partial charge in [-0.05, 0) is 0 Å². The van der Waals surface area contributed by atoms with Crippen molar-refractivity contribution in [2.45, 2.75) is 0 Å². The third-order valence-corrected chi connectivity index (χ3v) is 0. The van der Waals surface area contributed by atoms with Gasteiger partial charge < -0.3 is 56.7 Å². The van der Waals surface area contributed by atoms with Crippen LogP contribution in [0.2, 0.25) is 0 Å². The summed E-state index contributed by atoms with van der Waals surface area (Å²) in [5, 5.41) is 16.5. The molecular weight excluding hydrogens is 231 g/mol. The first-order valence-electron chi connectivity index (χ1n) is 0.943. The van der Waals surface area contributed by atoms with E-state index in [9.17, 15) is 0 Å². The summed E-state index contributed by atoms with van der Waals surface area (Å²) in [4.78, 5) is 16.5. The maximum Gasteiger partial charge on any atom is 2.00 e. The van der Waals surface area contributed by atoms with E-state index in [4.69, 9.17) is 19.8 Å². The molecule has 12 N–H and O–H groups in total. The van der Waals surface area contributed by atoms with Gasteiger partial charge >= 0.3 is 16.5 Å². The van der Waals surface area contributed by atoms with Crippen molar-refractivity contribution < 1.29 is 36.3 Å². The fourth-order valence-electron chi connectivity index (χ4n) is 0. The molecule has 10 nitrogen and oxygen atoms in total. The van der Waals surface area contributed by atoms with Crippen LogP contribution in [0.4, 0.5) is 0 Å². The minimum absolute atomic E-state index is 0. The molecular formula is C2H14N6NiO4-6. The van der Waals surface area contributed by atoms with E-state index in [1.165, 1.54) is 0 Å². The zero-order chi connectivity index (χ0) is 5.41. The van der Waals surface area contributed by atoms with Crippen molar-refractivity contribution in [2.24, 2.45) is 0 Å². The Kier molecular flexibility index (Phi) is 9410. The van der Waals surface area contributed by atoms with E-state index in [1.807, 2.05) is 0 Å². The summed E-state index contributed by atoms with van der Waals surface area (Å²) in [7, 11) is 0. The van der Waals surface area contributed by atoms with Crippen LogP contribution in [-0.2, 0) is 26.1 Å². The smallest absolute Gasteiger partial charge is 0.693 e. The second-order valence-electron chi connectivity index (χ2n) is 0.192. The summed E-state index contributed by atoms with van der Waals surface area (Å²) in [6, 6.07) is 0. The minimum atomic E-state index is -0.500. The Morgan fingerprint density at radius 2 is 0.615 bits per heavy atom. The number of carboxylic acid groups (broad SMARTS) is 2. The molecule has 92 valence electrons. The van der Waals surface area contributed by atoms with E-state index in [-0.39, 0.29) is 53.4 Å². The van der Waals surface area contributed by atoms with Crippen LogP contribution in [0, 0.1) is 0 Å². The molecule has 0 unspecified atom stereocenters. The number of carbonyl (C=O) groups is 2. The molecule has 0 bridgehead atoms. The monoisotopic (exact) mass is 244 g/mol. The Labute approximate surface area is 86.9 Å². The Hall–Kier alpha value is -0.806. The third kappa shape index (κ3) is 1450. The average molecular weight is 245 g/mol. The summed E-state index contributed by atoms with van der Waals surface area (Å²) in [6.45, 7) is -1.00. The molecule has 0 spiro atoms. The molecule has 0 aliphatic rings. The predicted molar refractivity (Wildman–Crippen MR) is 43.8 cm³/mol.